The van der Waals surface area contributed by atoms with E-state index in [0.29, 0.717) is 5.56 Å². The van der Waals surface area contributed by atoms with Crippen molar-refractivity contribution < 1.29 is 10.2 Å². The van der Waals surface area contributed by atoms with E-state index >= 15 is 0 Å². The summed E-state index contributed by atoms with van der Waals surface area (Å²) in [7, 11) is 0. The molecule has 0 unspecified atom stereocenters. The van der Waals surface area contributed by atoms with Gasteiger partial charge in [-0.15, -0.1) is 0 Å². The number of hydrogen-bond donors (Lipinski definition) is 3. The Labute approximate surface area is 159 Å². The standard InChI is InChI=1S/C22H25N3O2/c1-12-7-6-8-14-17-9-13(2)24-25(17)21(23-20(12)14)15-10-16(22(3,4)5)19(27)11-18(15)26/h6-11,21,23,26-27H,1-5H3/t21-/m0/s1. The van der Waals surface area contributed by atoms with Crippen molar-refractivity contribution >= 4 is 5.69 Å². The highest BCUT2D eigenvalue weighted by atomic mass is 16.3. The second-order valence-electron chi connectivity index (χ2n) is 8.34. The first-order valence-corrected chi connectivity index (χ1v) is 9.16. The maximum Gasteiger partial charge on any atom is 0.150 e. The molecular weight excluding hydrogens is 338 g/mol. The van der Waals surface area contributed by atoms with Crippen molar-refractivity contribution in [2.24, 2.45) is 0 Å². The second-order valence-corrected chi connectivity index (χ2v) is 8.34. The number of aromatic nitrogens is 2. The van der Waals surface area contributed by atoms with E-state index < -0.39 is 0 Å². The van der Waals surface area contributed by atoms with Crippen LogP contribution in [0.1, 0.15) is 49.3 Å². The fraction of sp³-hybridized carbons (Fsp3) is 0.318. The number of anilines is 1. The number of phenolic OH excluding ortho intramolecular Hbond substituents is 2. The van der Waals surface area contributed by atoms with Gasteiger partial charge in [-0.3, -0.25) is 0 Å². The molecule has 3 aromatic rings. The number of hydrogen-bond acceptors (Lipinski definition) is 4. The molecule has 0 fully saturated rings. The van der Waals surface area contributed by atoms with Gasteiger partial charge in [0.1, 0.15) is 11.5 Å². The van der Waals surface area contributed by atoms with Crippen molar-refractivity contribution in [1.29, 1.82) is 0 Å². The normalized spacial score (nSPS) is 15.8. The maximum atomic E-state index is 10.6. The van der Waals surface area contributed by atoms with Crippen LogP contribution >= 0.6 is 0 Å². The minimum atomic E-state index is -0.357. The van der Waals surface area contributed by atoms with Gasteiger partial charge in [-0.2, -0.15) is 5.10 Å². The third-order valence-electron chi connectivity index (χ3n) is 5.18. The van der Waals surface area contributed by atoms with Crippen molar-refractivity contribution in [2.75, 3.05) is 5.32 Å². The van der Waals surface area contributed by atoms with E-state index in [0.717, 1.165) is 33.8 Å². The topological polar surface area (TPSA) is 70.3 Å². The molecule has 0 spiro atoms. The lowest BCUT2D eigenvalue weighted by atomic mass is 9.84. The van der Waals surface area contributed by atoms with Crippen LogP contribution in [0.2, 0.25) is 0 Å². The molecule has 5 nitrogen and oxygen atoms in total. The Bertz CT molecular complexity index is 1040. The zero-order valence-electron chi connectivity index (χ0n) is 16.3. The molecule has 3 N–H and O–H groups in total. The van der Waals surface area contributed by atoms with Crippen LogP contribution in [0, 0.1) is 13.8 Å². The summed E-state index contributed by atoms with van der Waals surface area (Å²) in [6.07, 6.45) is -0.357. The zero-order valence-corrected chi connectivity index (χ0v) is 16.3. The molecule has 0 amide bonds. The number of para-hydroxylation sites is 1. The van der Waals surface area contributed by atoms with Gasteiger partial charge in [-0.1, -0.05) is 39.0 Å². The van der Waals surface area contributed by atoms with Crippen molar-refractivity contribution in [3.63, 3.8) is 0 Å². The summed E-state index contributed by atoms with van der Waals surface area (Å²) in [5.74, 6) is 0.155. The van der Waals surface area contributed by atoms with Crippen molar-refractivity contribution in [2.45, 2.75) is 46.2 Å². The van der Waals surface area contributed by atoms with Crippen LogP contribution in [-0.4, -0.2) is 20.0 Å². The van der Waals surface area contributed by atoms with Gasteiger partial charge in [0.25, 0.3) is 0 Å². The molecule has 0 saturated carbocycles. The zero-order chi connectivity index (χ0) is 19.5. The van der Waals surface area contributed by atoms with Crippen LogP contribution in [0.3, 0.4) is 0 Å². The van der Waals surface area contributed by atoms with Crippen LogP contribution in [0.25, 0.3) is 11.3 Å². The van der Waals surface area contributed by atoms with E-state index in [2.05, 4.69) is 35.5 Å². The summed E-state index contributed by atoms with van der Waals surface area (Å²) in [5, 5.41) is 29.2. The summed E-state index contributed by atoms with van der Waals surface area (Å²) in [6.45, 7) is 10.2. The molecular formula is C22H25N3O2. The van der Waals surface area contributed by atoms with Gasteiger partial charge in [-0.25, -0.2) is 4.68 Å². The Morgan fingerprint density at radius 3 is 2.48 bits per heavy atom. The van der Waals surface area contributed by atoms with Gasteiger partial charge >= 0.3 is 0 Å². The third kappa shape index (κ3) is 2.74. The van der Waals surface area contributed by atoms with E-state index in [1.165, 1.54) is 6.07 Å². The largest absolute Gasteiger partial charge is 0.508 e. The summed E-state index contributed by atoms with van der Waals surface area (Å²) >= 11 is 0. The predicted molar refractivity (Wildman–Crippen MR) is 107 cm³/mol. The van der Waals surface area contributed by atoms with E-state index in [1.54, 1.807) is 0 Å². The monoisotopic (exact) mass is 363 g/mol. The van der Waals surface area contributed by atoms with Crippen molar-refractivity contribution in [1.82, 2.24) is 9.78 Å². The SMILES string of the molecule is Cc1cc2n(n1)[C@@H](c1cc(C(C)(C)C)c(O)cc1O)Nc1c(C)cccc1-2. The number of nitrogens with one attached hydrogen (secondary N) is 1. The first-order chi connectivity index (χ1) is 12.7. The predicted octanol–water partition coefficient (Wildman–Crippen LogP) is 4.85. The second kappa shape index (κ2) is 5.78. The Hall–Kier alpha value is -2.95. The van der Waals surface area contributed by atoms with Gasteiger partial charge in [0.15, 0.2) is 6.17 Å². The summed E-state index contributed by atoms with van der Waals surface area (Å²) in [6, 6.07) is 11.6. The van der Waals surface area contributed by atoms with Crippen LogP contribution < -0.4 is 5.32 Å². The molecule has 2 aromatic carbocycles. The highest BCUT2D eigenvalue weighted by Gasteiger charge is 2.31. The van der Waals surface area contributed by atoms with E-state index in [1.807, 2.05) is 44.5 Å². The smallest absolute Gasteiger partial charge is 0.150 e. The Morgan fingerprint density at radius 2 is 1.78 bits per heavy atom. The van der Waals surface area contributed by atoms with Crippen LogP contribution in [0.15, 0.2) is 36.4 Å². The molecule has 4 rings (SSSR count). The summed E-state index contributed by atoms with van der Waals surface area (Å²) in [5.41, 5.74) is 6.43. The number of nitrogens with zero attached hydrogens (tertiary/aromatic N) is 2. The average molecular weight is 363 g/mol. The maximum absolute atomic E-state index is 10.6. The summed E-state index contributed by atoms with van der Waals surface area (Å²) < 4.78 is 1.91. The Morgan fingerprint density at radius 1 is 1.04 bits per heavy atom. The quantitative estimate of drug-likeness (QED) is 0.578. The molecule has 0 saturated heterocycles. The first kappa shape index (κ1) is 17.5. The molecule has 1 aromatic heterocycles. The van der Waals surface area contributed by atoms with Crippen molar-refractivity contribution in [3.8, 4) is 22.8 Å². The molecule has 1 atom stereocenters. The molecule has 2 heterocycles. The highest BCUT2D eigenvalue weighted by Crippen LogP contribution is 2.44. The van der Waals surface area contributed by atoms with Crippen molar-refractivity contribution in [3.05, 3.63) is 58.8 Å². The molecule has 1 aliphatic rings. The average Bonchev–Trinajstić information content (AvgIpc) is 2.95. The number of phenols is 2. The van der Waals surface area contributed by atoms with E-state index in [9.17, 15) is 10.2 Å². The highest BCUT2D eigenvalue weighted by molar-refractivity contribution is 5.81. The van der Waals surface area contributed by atoms with Gasteiger partial charge in [0, 0.05) is 22.9 Å². The number of aryl methyl sites for hydroxylation is 2. The number of rotatable bonds is 1. The minimum absolute atomic E-state index is 0.0501. The van der Waals surface area contributed by atoms with Gasteiger partial charge < -0.3 is 15.5 Å². The molecule has 1 aliphatic heterocycles. The lowest BCUT2D eigenvalue weighted by Crippen LogP contribution is -2.27. The molecule has 0 bridgehead atoms. The van der Waals surface area contributed by atoms with E-state index in [-0.39, 0.29) is 23.1 Å². The lowest BCUT2D eigenvalue weighted by Gasteiger charge is -2.32. The lowest BCUT2D eigenvalue weighted by molar-refractivity contribution is 0.421. The van der Waals surface area contributed by atoms with Crippen LogP contribution in [-0.2, 0) is 5.41 Å². The third-order valence-corrected chi connectivity index (χ3v) is 5.18. The van der Waals surface area contributed by atoms with Crippen LogP contribution in [0.5, 0.6) is 11.5 Å². The molecule has 0 radical (unpaired) electrons. The number of fused-ring (bicyclic) bond motifs is 3. The fourth-order valence-corrected chi connectivity index (χ4v) is 3.81. The van der Waals surface area contributed by atoms with Gasteiger partial charge in [0.2, 0.25) is 0 Å². The van der Waals surface area contributed by atoms with E-state index in [4.69, 9.17) is 0 Å². The Kier molecular flexibility index (Phi) is 3.74. The first-order valence-electron chi connectivity index (χ1n) is 9.16. The molecule has 0 aliphatic carbocycles. The van der Waals surface area contributed by atoms with Crippen LogP contribution in [0.4, 0.5) is 5.69 Å². The minimum Gasteiger partial charge on any atom is -0.508 e. The number of benzene rings is 2. The fourth-order valence-electron chi connectivity index (χ4n) is 3.81. The number of aromatic hydroxyl groups is 2. The summed E-state index contributed by atoms with van der Waals surface area (Å²) in [4.78, 5) is 0. The van der Waals surface area contributed by atoms with Gasteiger partial charge in [0.05, 0.1) is 11.4 Å². The molecule has 27 heavy (non-hydrogen) atoms. The Balaban J connectivity index is 1.95. The molecule has 140 valence electrons. The molecule has 5 heteroatoms. The van der Waals surface area contributed by atoms with Gasteiger partial charge in [-0.05, 0) is 42.5 Å².